The summed E-state index contributed by atoms with van der Waals surface area (Å²) in [6, 6.07) is 5.73. The van der Waals surface area contributed by atoms with Crippen LogP contribution < -0.4 is 10.1 Å². The minimum atomic E-state index is 0.559. The molecule has 3 aromatic heterocycles. The first-order valence-corrected chi connectivity index (χ1v) is 7.18. The Hall–Kier alpha value is -2.21. The number of hydrogen-bond donors (Lipinski definition) is 1. The number of pyridine rings is 1. The van der Waals surface area contributed by atoms with E-state index in [0.717, 1.165) is 16.8 Å². The van der Waals surface area contributed by atoms with Crippen LogP contribution in [-0.4, -0.2) is 21.5 Å². The second-order valence-corrected chi connectivity index (χ2v) is 5.48. The topological polar surface area (TPSA) is 59.9 Å². The lowest BCUT2D eigenvalue weighted by Gasteiger charge is -2.07. The highest BCUT2D eigenvalue weighted by Crippen LogP contribution is 2.33. The highest BCUT2D eigenvalue weighted by atomic mass is 32.1. The predicted molar refractivity (Wildman–Crippen MR) is 80.6 cm³/mol. The Morgan fingerprint density at radius 2 is 2.25 bits per heavy atom. The summed E-state index contributed by atoms with van der Waals surface area (Å²) in [6.07, 6.45) is 3.38. The normalized spacial score (nSPS) is 10.7. The molecule has 0 fully saturated rings. The molecule has 0 saturated carbocycles. The summed E-state index contributed by atoms with van der Waals surface area (Å²) < 4.78 is 5.85. The van der Waals surface area contributed by atoms with Gasteiger partial charge in [-0.05, 0) is 32.0 Å². The van der Waals surface area contributed by atoms with E-state index in [4.69, 9.17) is 4.74 Å². The van der Waals surface area contributed by atoms with Gasteiger partial charge in [0.25, 0.3) is 0 Å². The highest BCUT2D eigenvalue weighted by molar-refractivity contribution is 7.18. The molecule has 0 aromatic carbocycles. The second-order valence-electron chi connectivity index (χ2n) is 4.25. The third-order valence-electron chi connectivity index (χ3n) is 2.66. The van der Waals surface area contributed by atoms with Crippen molar-refractivity contribution in [2.75, 3.05) is 11.9 Å². The zero-order chi connectivity index (χ0) is 13.9. The van der Waals surface area contributed by atoms with Gasteiger partial charge in [-0.15, -0.1) is 11.3 Å². The summed E-state index contributed by atoms with van der Waals surface area (Å²) in [6.45, 7) is 4.82. The van der Waals surface area contributed by atoms with E-state index < -0.39 is 0 Å². The number of rotatable bonds is 4. The van der Waals surface area contributed by atoms with E-state index in [0.29, 0.717) is 17.6 Å². The van der Waals surface area contributed by atoms with E-state index in [-0.39, 0.29) is 0 Å². The van der Waals surface area contributed by atoms with Gasteiger partial charge in [0.15, 0.2) is 0 Å². The van der Waals surface area contributed by atoms with Gasteiger partial charge in [-0.1, -0.05) is 0 Å². The van der Waals surface area contributed by atoms with Crippen LogP contribution >= 0.6 is 11.3 Å². The molecule has 1 N–H and O–H groups in total. The molecule has 0 radical (unpaired) electrons. The van der Waals surface area contributed by atoms with Gasteiger partial charge in [-0.2, -0.15) is 4.98 Å². The van der Waals surface area contributed by atoms with E-state index in [1.165, 1.54) is 4.88 Å². The number of fused-ring (bicyclic) bond motifs is 1. The van der Waals surface area contributed by atoms with Gasteiger partial charge in [0.2, 0.25) is 11.8 Å². The molecule has 0 aliphatic carbocycles. The van der Waals surface area contributed by atoms with Crippen LogP contribution in [0.5, 0.6) is 11.6 Å². The van der Waals surface area contributed by atoms with Crippen LogP contribution in [0.4, 0.5) is 5.95 Å². The van der Waals surface area contributed by atoms with Gasteiger partial charge in [-0.25, -0.2) is 4.98 Å². The first-order chi connectivity index (χ1) is 9.76. The molecule has 102 valence electrons. The Bertz CT molecular complexity index is 727. The average molecular weight is 286 g/mol. The molecule has 0 bridgehead atoms. The fourth-order valence-corrected chi connectivity index (χ4v) is 2.72. The summed E-state index contributed by atoms with van der Waals surface area (Å²) in [5.41, 5.74) is 0. The first kappa shape index (κ1) is 12.8. The van der Waals surface area contributed by atoms with Crippen molar-refractivity contribution in [3.8, 4) is 11.6 Å². The van der Waals surface area contributed by atoms with Crippen molar-refractivity contribution >= 4 is 27.5 Å². The number of ether oxygens (including phenoxy) is 1. The van der Waals surface area contributed by atoms with Crippen LogP contribution in [0.3, 0.4) is 0 Å². The molecule has 0 atom stereocenters. The third kappa shape index (κ3) is 2.55. The summed E-state index contributed by atoms with van der Waals surface area (Å²) in [7, 11) is 0. The van der Waals surface area contributed by atoms with Crippen molar-refractivity contribution in [1.82, 2.24) is 15.0 Å². The van der Waals surface area contributed by atoms with Gasteiger partial charge in [0.05, 0.1) is 11.6 Å². The van der Waals surface area contributed by atoms with E-state index in [2.05, 4.69) is 20.3 Å². The molecule has 3 aromatic rings. The lowest BCUT2D eigenvalue weighted by Crippen LogP contribution is -2.02. The van der Waals surface area contributed by atoms with Gasteiger partial charge in [-0.3, -0.25) is 4.98 Å². The van der Waals surface area contributed by atoms with Crippen molar-refractivity contribution in [2.24, 2.45) is 0 Å². The van der Waals surface area contributed by atoms with Crippen molar-refractivity contribution in [3.63, 3.8) is 0 Å². The molecule has 0 amide bonds. The zero-order valence-electron chi connectivity index (χ0n) is 11.3. The van der Waals surface area contributed by atoms with E-state index in [9.17, 15) is 0 Å². The molecule has 0 saturated heterocycles. The molecule has 0 aliphatic heterocycles. The number of thiophene rings is 1. The third-order valence-corrected chi connectivity index (χ3v) is 3.61. The van der Waals surface area contributed by atoms with Crippen LogP contribution in [0.15, 0.2) is 30.6 Å². The van der Waals surface area contributed by atoms with Gasteiger partial charge in [0, 0.05) is 17.6 Å². The van der Waals surface area contributed by atoms with E-state index in [1.54, 1.807) is 23.7 Å². The van der Waals surface area contributed by atoms with Crippen molar-refractivity contribution in [1.29, 1.82) is 0 Å². The van der Waals surface area contributed by atoms with Crippen molar-refractivity contribution in [2.45, 2.75) is 13.8 Å². The molecular weight excluding hydrogens is 272 g/mol. The van der Waals surface area contributed by atoms with E-state index >= 15 is 0 Å². The van der Waals surface area contributed by atoms with Crippen LogP contribution in [-0.2, 0) is 0 Å². The van der Waals surface area contributed by atoms with Crippen LogP contribution in [0, 0.1) is 6.92 Å². The van der Waals surface area contributed by atoms with Gasteiger partial charge in [0.1, 0.15) is 10.6 Å². The maximum atomic E-state index is 5.85. The number of nitrogens with one attached hydrogen (secondary N) is 1. The lowest BCUT2D eigenvalue weighted by molar-refractivity contribution is 0.467. The van der Waals surface area contributed by atoms with Crippen molar-refractivity contribution < 1.29 is 4.74 Å². The van der Waals surface area contributed by atoms with Gasteiger partial charge < -0.3 is 10.1 Å². The Labute approximate surface area is 120 Å². The van der Waals surface area contributed by atoms with Crippen molar-refractivity contribution in [3.05, 3.63) is 35.5 Å². The number of aryl methyl sites for hydroxylation is 1. The Kier molecular flexibility index (Phi) is 3.47. The standard InChI is InChI=1S/C14H14N4OS/c1-3-16-14-17-12(19-10-5-4-6-15-8-10)11-7-9(2)20-13(11)18-14/h4-8H,3H2,1-2H3,(H,16,17,18). The van der Waals surface area contributed by atoms with Crippen LogP contribution in [0.2, 0.25) is 0 Å². The number of nitrogens with zero attached hydrogens (tertiary/aromatic N) is 3. The lowest BCUT2D eigenvalue weighted by atomic mass is 10.3. The molecule has 0 unspecified atom stereocenters. The summed E-state index contributed by atoms with van der Waals surface area (Å²) >= 11 is 1.63. The fraction of sp³-hybridized carbons (Fsp3) is 0.214. The number of aromatic nitrogens is 3. The Morgan fingerprint density at radius 3 is 3.00 bits per heavy atom. The molecule has 0 aliphatic rings. The highest BCUT2D eigenvalue weighted by Gasteiger charge is 2.12. The molecule has 3 heterocycles. The summed E-state index contributed by atoms with van der Waals surface area (Å²) in [5.74, 6) is 1.81. The minimum absolute atomic E-state index is 0.559. The second kappa shape index (κ2) is 5.42. The fourth-order valence-electron chi connectivity index (χ4n) is 1.85. The molecule has 6 heteroatoms. The Balaban J connectivity index is 2.07. The molecule has 3 rings (SSSR count). The maximum absolute atomic E-state index is 5.85. The molecule has 5 nitrogen and oxygen atoms in total. The number of anilines is 1. The van der Waals surface area contributed by atoms with E-state index in [1.807, 2.05) is 32.0 Å². The Morgan fingerprint density at radius 1 is 1.35 bits per heavy atom. The minimum Gasteiger partial charge on any atom is -0.437 e. The molecule has 20 heavy (non-hydrogen) atoms. The zero-order valence-corrected chi connectivity index (χ0v) is 12.1. The average Bonchev–Trinajstić information content (AvgIpc) is 2.81. The van der Waals surface area contributed by atoms with Crippen LogP contribution in [0.25, 0.3) is 10.2 Å². The smallest absolute Gasteiger partial charge is 0.232 e. The summed E-state index contributed by atoms with van der Waals surface area (Å²) in [5, 5.41) is 4.05. The maximum Gasteiger partial charge on any atom is 0.232 e. The SMILES string of the molecule is CCNc1nc(Oc2cccnc2)c2cc(C)sc2n1. The van der Waals surface area contributed by atoms with Crippen LogP contribution in [0.1, 0.15) is 11.8 Å². The quantitative estimate of drug-likeness (QED) is 0.793. The predicted octanol–water partition coefficient (Wildman–Crippen LogP) is 3.62. The monoisotopic (exact) mass is 286 g/mol. The number of hydrogen-bond acceptors (Lipinski definition) is 6. The molecular formula is C14H14N4OS. The summed E-state index contributed by atoms with van der Waals surface area (Å²) in [4.78, 5) is 15.1. The largest absolute Gasteiger partial charge is 0.437 e. The van der Waals surface area contributed by atoms with Gasteiger partial charge >= 0.3 is 0 Å². The first-order valence-electron chi connectivity index (χ1n) is 6.36. The molecule has 0 spiro atoms.